The average Bonchev–Trinajstić information content (AvgIpc) is 2.46. The van der Waals surface area contributed by atoms with Crippen molar-refractivity contribution in [2.75, 3.05) is 7.05 Å². The van der Waals surface area contributed by atoms with E-state index in [0.29, 0.717) is 5.90 Å². The molecule has 0 aliphatic carbocycles. The Kier molecular flexibility index (Phi) is 8.42. The number of hydrogen-bond donors (Lipinski definition) is 0. The molecule has 0 bridgehead atoms. The summed E-state index contributed by atoms with van der Waals surface area (Å²) in [4.78, 5) is 13.5. The van der Waals surface area contributed by atoms with Crippen molar-refractivity contribution in [3.05, 3.63) is 30.1 Å². The first-order chi connectivity index (χ1) is 9.10. The van der Waals surface area contributed by atoms with E-state index < -0.39 is 0 Å². The third-order valence-electron chi connectivity index (χ3n) is 2.69. The van der Waals surface area contributed by atoms with Crippen LogP contribution < -0.4 is 0 Å². The Balaban J connectivity index is 0.00000154. The van der Waals surface area contributed by atoms with E-state index in [-0.39, 0.29) is 5.41 Å². The molecule has 0 fully saturated rings. The van der Waals surface area contributed by atoms with E-state index in [1.165, 1.54) is 0 Å². The van der Waals surface area contributed by atoms with Crippen molar-refractivity contribution in [1.82, 2.24) is 4.98 Å². The summed E-state index contributed by atoms with van der Waals surface area (Å²) >= 11 is 0. The topological polar surface area (TPSA) is 46.8 Å². The summed E-state index contributed by atoms with van der Waals surface area (Å²) in [6.07, 6.45) is 6.02. The summed E-state index contributed by atoms with van der Waals surface area (Å²) in [5.74, 6) is 0.639. The van der Waals surface area contributed by atoms with Gasteiger partial charge in [0.2, 0.25) is 5.90 Å². The molecule has 0 saturated carbocycles. The molecule has 4 nitrogen and oxygen atoms in total. The molecule has 4 heteroatoms. The number of hydrogen-bond acceptors (Lipinski definition) is 4. The van der Waals surface area contributed by atoms with Gasteiger partial charge in [-0.25, -0.2) is 0 Å². The first-order valence-corrected chi connectivity index (χ1v) is 6.68. The lowest BCUT2D eigenvalue weighted by Crippen LogP contribution is -2.24. The maximum atomic E-state index is 5.34. The lowest BCUT2D eigenvalue weighted by Gasteiger charge is -2.21. The summed E-state index contributed by atoms with van der Waals surface area (Å²) in [6.45, 7) is 10.3. The highest BCUT2D eigenvalue weighted by Gasteiger charge is 2.24. The van der Waals surface area contributed by atoms with Crippen LogP contribution in [0.25, 0.3) is 0 Å². The second kappa shape index (κ2) is 9.25. The first-order valence-electron chi connectivity index (χ1n) is 6.68. The molecule has 1 heterocycles. The number of rotatable bonds is 4. The molecule has 1 rings (SSSR count). The van der Waals surface area contributed by atoms with Crippen LogP contribution in [0.3, 0.4) is 0 Å². The third-order valence-corrected chi connectivity index (χ3v) is 2.69. The first kappa shape index (κ1) is 17.3. The van der Waals surface area contributed by atoms with Crippen molar-refractivity contribution in [1.29, 1.82) is 0 Å². The molecule has 0 aliphatic rings. The predicted molar refractivity (Wildman–Crippen MR) is 81.7 cm³/mol. The van der Waals surface area contributed by atoms with Gasteiger partial charge in [0.25, 0.3) is 0 Å². The van der Waals surface area contributed by atoms with E-state index in [1.807, 2.05) is 26.0 Å². The standard InChI is InChI=1S/C13H19N3O.C2H6/c1-5-13(2,3)12(14-4)17-16-10-11-7-6-8-15-9-11;1-2/h6-10H,5H2,1-4H3;1-2H3/b14-12?,16-10+;. The zero-order valence-corrected chi connectivity index (χ0v) is 12.8. The molecule has 0 aromatic carbocycles. The van der Waals surface area contributed by atoms with Gasteiger partial charge in [0.05, 0.1) is 6.21 Å². The van der Waals surface area contributed by atoms with Crippen LogP contribution in [0.2, 0.25) is 0 Å². The van der Waals surface area contributed by atoms with Crippen molar-refractivity contribution >= 4 is 12.1 Å². The monoisotopic (exact) mass is 263 g/mol. The van der Waals surface area contributed by atoms with Crippen LogP contribution in [-0.4, -0.2) is 24.1 Å². The van der Waals surface area contributed by atoms with Gasteiger partial charge in [-0.3, -0.25) is 9.98 Å². The van der Waals surface area contributed by atoms with Crippen LogP contribution in [0.1, 0.15) is 46.6 Å². The van der Waals surface area contributed by atoms with Gasteiger partial charge in [-0.1, -0.05) is 45.8 Å². The van der Waals surface area contributed by atoms with E-state index in [9.17, 15) is 0 Å². The highest BCUT2D eigenvalue weighted by molar-refractivity contribution is 5.83. The highest BCUT2D eigenvalue weighted by Crippen LogP contribution is 2.22. The number of oxime groups is 1. The normalized spacial score (nSPS) is 12.0. The molecule has 0 aliphatic heterocycles. The highest BCUT2D eigenvalue weighted by atomic mass is 16.6. The minimum atomic E-state index is -0.0962. The number of pyridine rings is 1. The summed E-state index contributed by atoms with van der Waals surface area (Å²) in [5, 5.41) is 3.93. The zero-order chi connectivity index (χ0) is 14.7. The molecular formula is C15H25N3O. The van der Waals surface area contributed by atoms with E-state index >= 15 is 0 Å². The number of aromatic nitrogens is 1. The zero-order valence-electron chi connectivity index (χ0n) is 12.8. The van der Waals surface area contributed by atoms with Gasteiger partial charge < -0.3 is 4.84 Å². The minimum absolute atomic E-state index is 0.0962. The quantitative estimate of drug-likeness (QED) is 0.469. The van der Waals surface area contributed by atoms with Crippen molar-refractivity contribution < 1.29 is 4.84 Å². The molecule has 0 radical (unpaired) electrons. The summed E-state index contributed by atoms with van der Waals surface area (Å²) in [6, 6.07) is 3.76. The van der Waals surface area contributed by atoms with Gasteiger partial charge >= 0.3 is 0 Å². The fourth-order valence-electron chi connectivity index (χ4n) is 1.21. The molecular weight excluding hydrogens is 238 g/mol. The van der Waals surface area contributed by atoms with Crippen LogP contribution in [-0.2, 0) is 4.84 Å². The molecule has 106 valence electrons. The SMILES string of the molecule is CC.CCC(C)(C)C(=NC)O/N=C/c1cccnc1. The third kappa shape index (κ3) is 6.13. The summed E-state index contributed by atoms with van der Waals surface area (Å²) in [5.41, 5.74) is 0.804. The molecule has 1 aromatic rings. The molecule has 0 unspecified atom stereocenters. The molecule has 0 saturated heterocycles. The van der Waals surface area contributed by atoms with Crippen molar-refractivity contribution in [3.8, 4) is 0 Å². The van der Waals surface area contributed by atoms with Crippen LogP contribution >= 0.6 is 0 Å². The van der Waals surface area contributed by atoms with Gasteiger partial charge in [-0.05, 0) is 12.5 Å². The maximum Gasteiger partial charge on any atom is 0.225 e. The molecule has 19 heavy (non-hydrogen) atoms. The van der Waals surface area contributed by atoms with Crippen LogP contribution in [0, 0.1) is 5.41 Å². The molecule has 0 amide bonds. The van der Waals surface area contributed by atoms with Crippen molar-refractivity contribution in [2.24, 2.45) is 15.6 Å². The number of nitrogens with zero attached hydrogens (tertiary/aromatic N) is 3. The van der Waals surface area contributed by atoms with E-state index in [1.54, 1.807) is 25.7 Å². The maximum absolute atomic E-state index is 5.34. The molecule has 0 spiro atoms. The minimum Gasteiger partial charge on any atom is -0.341 e. The average molecular weight is 263 g/mol. The van der Waals surface area contributed by atoms with Gasteiger partial charge in [0.1, 0.15) is 0 Å². The second-order valence-electron chi connectivity index (χ2n) is 4.38. The number of aliphatic imine (C=N–C) groups is 1. The van der Waals surface area contributed by atoms with Gasteiger partial charge in [0, 0.05) is 30.4 Å². The van der Waals surface area contributed by atoms with Crippen LogP contribution in [0.15, 0.2) is 34.7 Å². The lowest BCUT2D eigenvalue weighted by molar-refractivity contribution is 0.269. The van der Waals surface area contributed by atoms with Gasteiger partial charge in [-0.2, -0.15) is 0 Å². The Morgan fingerprint density at radius 1 is 1.42 bits per heavy atom. The second-order valence-corrected chi connectivity index (χ2v) is 4.38. The Morgan fingerprint density at radius 3 is 2.58 bits per heavy atom. The Labute approximate surface area is 116 Å². The molecule has 0 atom stereocenters. The van der Waals surface area contributed by atoms with Crippen LogP contribution in [0.5, 0.6) is 0 Å². The fourth-order valence-corrected chi connectivity index (χ4v) is 1.21. The lowest BCUT2D eigenvalue weighted by atomic mass is 9.90. The van der Waals surface area contributed by atoms with Crippen molar-refractivity contribution in [3.63, 3.8) is 0 Å². The van der Waals surface area contributed by atoms with E-state index in [2.05, 4.69) is 35.9 Å². The van der Waals surface area contributed by atoms with Crippen molar-refractivity contribution in [2.45, 2.75) is 41.0 Å². The van der Waals surface area contributed by atoms with Crippen LogP contribution in [0.4, 0.5) is 0 Å². The van der Waals surface area contributed by atoms with Gasteiger partial charge in [0.15, 0.2) is 0 Å². The summed E-state index contributed by atoms with van der Waals surface area (Å²) in [7, 11) is 1.71. The Hall–Kier alpha value is -1.71. The van der Waals surface area contributed by atoms with Gasteiger partial charge in [-0.15, -0.1) is 0 Å². The predicted octanol–water partition coefficient (Wildman–Crippen LogP) is 3.92. The molecule has 0 N–H and O–H groups in total. The summed E-state index contributed by atoms with van der Waals surface area (Å²) < 4.78 is 0. The smallest absolute Gasteiger partial charge is 0.225 e. The Morgan fingerprint density at radius 2 is 2.11 bits per heavy atom. The molecule has 1 aromatic heterocycles. The fraction of sp³-hybridized carbons (Fsp3) is 0.533. The van der Waals surface area contributed by atoms with E-state index in [0.717, 1.165) is 12.0 Å². The Bertz CT molecular complexity index is 397. The largest absolute Gasteiger partial charge is 0.341 e. The van der Waals surface area contributed by atoms with E-state index in [4.69, 9.17) is 4.84 Å².